The lowest BCUT2D eigenvalue weighted by Gasteiger charge is -2.59. The summed E-state index contributed by atoms with van der Waals surface area (Å²) in [5.41, 5.74) is 0. The summed E-state index contributed by atoms with van der Waals surface area (Å²) < 4.78 is 0.825. The number of quaternary nitrogens is 1. The molecule has 2 fully saturated rings. The Morgan fingerprint density at radius 2 is 1.75 bits per heavy atom. The maximum atomic E-state index is 11.4. The van der Waals surface area contributed by atoms with E-state index in [1.807, 2.05) is 0 Å². The maximum Gasteiger partial charge on any atom is 0.359 e. The molecule has 2 aliphatic rings. The molecular formula is C16H31N2O2+. The average molecular weight is 283 g/mol. The summed E-state index contributed by atoms with van der Waals surface area (Å²) in [6, 6.07) is 2.54. The van der Waals surface area contributed by atoms with Crippen molar-refractivity contribution < 1.29 is 14.4 Å². The van der Waals surface area contributed by atoms with E-state index < -0.39 is 5.97 Å². The third-order valence-corrected chi connectivity index (χ3v) is 5.49. The molecule has 2 unspecified atom stereocenters. The number of nitrogens with zero attached hydrogens (tertiary/aromatic N) is 1. The van der Waals surface area contributed by atoms with Crippen LogP contribution in [0.2, 0.25) is 0 Å². The van der Waals surface area contributed by atoms with Crippen molar-refractivity contribution in [1.29, 1.82) is 0 Å². The van der Waals surface area contributed by atoms with Crippen LogP contribution in [0.4, 0.5) is 0 Å². The van der Waals surface area contributed by atoms with Gasteiger partial charge in [0.2, 0.25) is 0 Å². The van der Waals surface area contributed by atoms with Crippen LogP contribution in [-0.2, 0) is 4.79 Å². The number of fused-ring (bicyclic) bond motifs is 2. The second kappa shape index (κ2) is 6.02. The average Bonchev–Trinajstić information content (AvgIpc) is 2.28. The van der Waals surface area contributed by atoms with Gasteiger partial charge in [0.05, 0.1) is 18.1 Å². The van der Waals surface area contributed by atoms with E-state index in [-0.39, 0.29) is 0 Å². The Hall–Kier alpha value is -0.610. The molecule has 4 atom stereocenters. The smallest absolute Gasteiger partial charge is 0.359 e. The lowest BCUT2D eigenvalue weighted by atomic mass is 9.77. The first-order valence-electron chi connectivity index (χ1n) is 8.21. The van der Waals surface area contributed by atoms with E-state index in [1.165, 1.54) is 19.3 Å². The quantitative estimate of drug-likeness (QED) is 0.762. The summed E-state index contributed by atoms with van der Waals surface area (Å²) >= 11 is 0. The van der Waals surface area contributed by atoms with Gasteiger partial charge in [-0.3, -0.25) is 0 Å². The second-order valence-corrected chi connectivity index (χ2v) is 7.37. The van der Waals surface area contributed by atoms with Crippen LogP contribution < -0.4 is 5.32 Å². The van der Waals surface area contributed by atoms with Crippen LogP contribution in [0.3, 0.4) is 0 Å². The Kier molecular flexibility index (Phi) is 4.75. The summed E-state index contributed by atoms with van der Waals surface area (Å²) in [5.74, 6) is -0.633. The summed E-state index contributed by atoms with van der Waals surface area (Å²) in [5, 5.41) is 13.1. The predicted octanol–water partition coefficient (Wildman–Crippen LogP) is 2.38. The van der Waals surface area contributed by atoms with Gasteiger partial charge in [-0.05, 0) is 33.1 Å². The minimum atomic E-state index is -0.633. The summed E-state index contributed by atoms with van der Waals surface area (Å²) in [7, 11) is 0. The van der Waals surface area contributed by atoms with Crippen LogP contribution in [0, 0.1) is 0 Å². The SMILES string of the molecule is CC(C)NC1C[C@H]2CCC[C@@H](C1)[N+]2(CC(=O)O)C(C)C. The van der Waals surface area contributed by atoms with Crippen LogP contribution in [-0.4, -0.2) is 52.3 Å². The number of hydrogen-bond acceptors (Lipinski definition) is 2. The molecule has 0 saturated carbocycles. The first-order chi connectivity index (χ1) is 9.36. The third kappa shape index (κ3) is 2.86. The number of nitrogens with one attached hydrogen (secondary N) is 1. The van der Waals surface area contributed by atoms with Gasteiger partial charge < -0.3 is 14.9 Å². The van der Waals surface area contributed by atoms with Gasteiger partial charge in [0.25, 0.3) is 0 Å². The summed E-state index contributed by atoms with van der Waals surface area (Å²) in [4.78, 5) is 11.4. The van der Waals surface area contributed by atoms with Crippen LogP contribution in [0.5, 0.6) is 0 Å². The normalized spacial score (nSPS) is 37.4. The standard InChI is InChI=1S/C16H30N2O2/c1-11(2)17-13-8-14-6-5-7-15(9-13)18(14,12(3)4)10-16(19)20/h11-15,17H,5-10H2,1-4H3/p+1/t13?,14-,15+,18?. The van der Waals surface area contributed by atoms with E-state index in [0.717, 1.165) is 17.3 Å². The molecular weight excluding hydrogens is 252 g/mol. The van der Waals surface area contributed by atoms with Crippen molar-refractivity contribution >= 4 is 5.97 Å². The van der Waals surface area contributed by atoms with Crippen molar-refractivity contribution in [3.63, 3.8) is 0 Å². The number of hydrogen-bond donors (Lipinski definition) is 2. The zero-order valence-corrected chi connectivity index (χ0v) is 13.4. The molecule has 2 heterocycles. The molecule has 2 N–H and O–H groups in total. The fraction of sp³-hybridized carbons (Fsp3) is 0.938. The molecule has 2 aliphatic heterocycles. The minimum Gasteiger partial charge on any atom is -0.477 e. The fourth-order valence-electron chi connectivity index (χ4n) is 4.88. The molecule has 4 nitrogen and oxygen atoms in total. The van der Waals surface area contributed by atoms with Gasteiger partial charge in [-0.2, -0.15) is 0 Å². The van der Waals surface area contributed by atoms with E-state index >= 15 is 0 Å². The molecule has 2 rings (SSSR count). The van der Waals surface area contributed by atoms with E-state index in [9.17, 15) is 9.90 Å². The second-order valence-electron chi connectivity index (χ2n) is 7.37. The predicted molar refractivity (Wildman–Crippen MR) is 80.6 cm³/mol. The van der Waals surface area contributed by atoms with Crippen LogP contribution in [0.1, 0.15) is 59.8 Å². The highest BCUT2D eigenvalue weighted by molar-refractivity contribution is 5.68. The van der Waals surface area contributed by atoms with Gasteiger partial charge in [0, 0.05) is 24.9 Å². The van der Waals surface area contributed by atoms with Crippen molar-refractivity contribution in [3.05, 3.63) is 0 Å². The number of carboxylic acids is 1. The molecule has 0 spiro atoms. The van der Waals surface area contributed by atoms with Crippen molar-refractivity contribution in [1.82, 2.24) is 5.32 Å². The van der Waals surface area contributed by atoms with Gasteiger partial charge in [-0.15, -0.1) is 0 Å². The van der Waals surface area contributed by atoms with Gasteiger partial charge in [0.15, 0.2) is 6.54 Å². The van der Waals surface area contributed by atoms with E-state index in [2.05, 4.69) is 33.0 Å². The first-order valence-corrected chi connectivity index (χ1v) is 8.21. The number of carbonyl (C=O) groups is 1. The highest BCUT2D eigenvalue weighted by Crippen LogP contribution is 2.42. The van der Waals surface area contributed by atoms with Gasteiger partial charge >= 0.3 is 5.97 Å². The lowest BCUT2D eigenvalue weighted by Crippen LogP contribution is -2.72. The van der Waals surface area contributed by atoms with Crippen molar-refractivity contribution in [2.75, 3.05) is 6.54 Å². The maximum absolute atomic E-state index is 11.4. The van der Waals surface area contributed by atoms with Crippen LogP contribution in [0.15, 0.2) is 0 Å². The Labute approximate surface area is 123 Å². The number of carboxylic acid groups (broad SMARTS) is 1. The minimum absolute atomic E-state index is 0.307. The number of piperidine rings is 2. The highest BCUT2D eigenvalue weighted by atomic mass is 16.4. The lowest BCUT2D eigenvalue weighted by molar-refractivity contribution is -0.995. The zero-order valence-electron chi connectivity index (χ0n) is 13.4. The Morgan fingerprint density at radius 1 is 1.20 bits per heavy atom. The summed E-state index contributed by atoms with van der Waals surface area (Å²) in [6.07, 6.45) is 5.94. The van der Waals surface area contributed by atoms with Crippen molar-refractivity contribution in [3.8, 4) is 0 Å². The highest BCUT2D eigenvalue weighted by Gasteiger charge is 2.53. The van der Waals surface area contributed by atoms with Crippen molar-refractivity contribution in [2.24, 2.45) is 0 Å². The first kappa shape index (κ1) is 15.8. The Morgan fingerprint density at radius 3 is 2.15 bits per heavy atom. The Bertz CT molecular complexity index is 340. The Balaban J connectivity index is 2.23. The fourth-order valence-corrected chi connectivity index (χ4v) is 4.88. The molecule has 0 aromatic heterocycles. The van der Waals surface area contributed by atoms with E-state index in [4.69, 9.17) is 0 Å². The van der Waals surface area contributed by atoms with Crippen LogP contribution in [0.25, 0.3) is 0 Å². The number of rotatable bonds is 5. The summed E-state index contributed by atoms with van der Waals surface area (Å²) in [6.45, 7) is 9.13. The van der Waals surface area contributed by atoms with Crippen molar-refractivity contribution in [2.45, 2.75) is 90.0 Å². The molecule has 4 heteroatoms. The van der Waals surface area contributed by atoms with E-state index in [0.29, 0.717) is 36.8 Å². The molecule has 0 aliphatic carbocycles. The monoisotopic (exact) mass is 283 g/mol. The molecule has 0 aromatic carbocycles. The van der Waals surface area contributed by atoms with Gasteiger partial charge in [-0.1, -0.05) is 13.8 Å². The molecule has 0 aromatic rings. The third-order valence-electron chi connectivity index (χ3n) is 5.49. The molecule has 2 bridgehead atoms. The van der Waals surface area contributed by atoms with Gasteiger partial charge in [0.1, 0.15) is 0 Å². The topological polar surface area (TPSA) is 49.3 Å². The van der Waals surface area contributed by atoms with Crippen LogP contribution >= 0.6 is 0 Å². The van der Waals surface area contributed by atoms with E-state index in [1.54, 1.807) is 0 Å². The molecule has 0 radical (unpaired) electrons. The molecule has 0 amide bonds. The molecule has 20 heavy (non-hydrogen) atoms. The molecule has 116 valence electrons. The van der Waals surface area contributed by atoms with Gasteiger partial charge in [-0.25, -0.2) is 4.79 Å². The zero-order chi connectivity index (χ0) is 14.9. The largest absolute Gasteiger partial charge is 0.477 e. The molecule has 2 saturated heterocycles. The number of aliphatic carboxylic acids is 1.